The first-order valence-corrected chi connectivity index (χ1v) is 13.8. The molecule has 4 saturated carbocycles. The summed E-state index contributed by atoms with van der Waals surface area (Å²) in [6, 6.07) is 0. The molecule has 0 bridgehead atoms. The molecule has 0 aromatic heterocycles. The summed E-state index contributed by atoms with van der Waals surface area (Å²) >= 11 is 0. The van der Waals surface area contributed by atoms with E-state index >= 15 is 0 Å². The van der Waals surface area contributed by atoms with E-state index in [1.807, 2.05) is 13.8 Å². The first kappa shape index (κ1) is 25.7. The van der Waals surface area contributed by atoms with Crippen molar-refractivity contribution in [2.24, 2.45) is 23.7 Å². The molecule has 0 spiro atoms. The van der Waals surface area contributed by atoms with Crippen molar-refractivity contribution < 1.29 is 28.7 Å². The highest BCUT2D eigenvalue weighted by Gasteiger charge is 2.48. The average molecular weight is 475 g/mol. The Bertz CT molecular complexity index is 775. The van der Waals surface area contributed by atoms with Crippen LogP contribution in [0, 0.1) is 23.7 Å². The first-order chi connectivity index (χ1) is 16.4. The molecule has 0 amide bonds. The van der Waals surface area contributed by atoms with Crippen LogP contribution in [-0.2, 0) is 28.7 Å². The zero-order valence-corrected chi connectivity index (χ0v) is 21.0. The van der Waals surface area contributed by atoms with E-state index in [0.717, 1.165) is 51.4 Å². The second kappa shape index (κ2) is 11.6. The van der Waals surface area contributed by atoms with Gasteiger partial charge in [-0.05, 0) is 64.2 Å². The van der Waals surface area contributed by atoms with Crippen molar-refractivity contribution >= 4 is 23.1 Å². The van der Waals surface area contributed by atoms with E-state index in [2.05, 4.69) is 0 Å². The average Bonchev–Trinajstić information content (AvgIpc) is 2.82. The molecule has 4 fully saturated rings. The largest absolute Gasteiger partial charge is 0.364 e. The molecule has 0 aromatic carbocycles. The second-order valence-electron chi connectivity index (χ2n) is 11.3. The molecule has 0 radical (unpaired) electrons. The van der Waals surface area contributed by atoms with Crippen molar-refractivity contribution in [1.29, 1.82) is 0 Å². The van der Waals surface area contributed by atoms with Crippen molar-refractivity contribution in [3.05, 3.63) is 0 Å². The van der Waals surface area contributed by atoms with Gasteiger partial charge in [0, 0.05) is 36.5 Å². The third-order valence-corrected chi connectivity index (χ3v) is 8.77. The van der Waals surface area contributed by atoms with E-state index < -0.39 is 30.3 Å². The number of carbonyl (C=O) groups excluding carboxylic acids is 4. The molecule has 0 aromatic rings. The van der Waals surface area contributed by atoms with E-state index in [1.165, 1.54) is 0 Å². The molecular formula is C28H42O6. The summed E-state index contributed by atoms with van der Waals surface area (Å²) in [7, 11) is 0. The fourth-order valence-corrected chi connectivity index (χ4v) is 6.60. The molecule has 0 N–H and O–H groups in total. The van der Waals surface area contributed by atoms with Gasteiger partial charge >= 0.3 is 0 Å². The van der Waals surface area contributed by atoms with E-state index in [-0.39, 0.29) is 40.9 Å². The quantitative estimate of drug-likeness (QED) is 0.527. The van der Waals surface area contributed by atoms with Crippen LogP contribution in [0.15, 0.2) is 0 Å². The Hall–Kier alpha value is -1.40. The van der Waals surface area contributed by atoms with Crippen molar-refractivity contribution in [3.8, 4) is 0 Å². The maximum atomic E-state index is 13.4. The lowest BCUT2D eigenvalue weighted by molar-refractivity contribution is -0.188. The van der Waals surface area contributed by atoms with Gasteiger partial charge in [0.1, 0.15) is 23.8 Å². The Kier molecular flexibility index (Phi) is 8.73. The highest BCUT2D eigenvalue weighted by atomic mass is 16.6. The Balaban J connectivity index is 1.67. The second-order valence-corrected chi connectivity index (χ2v) is 11.3. The van der Waals surface area contributed by atoms with Gasteiger partial charge in [-0.3, -0.25) is 19.2 Å². The summed E-state index contributed by atoms with van der Waals surface area (Å²) in [5.41, 5.74) is 0. The summed E-state index contributed by atoms with van der Waals surface area (Å²) < 4.78 is 13.2. The van der Waals surface area contributed by atoms with Gasteiger partial charge in [0.05, 0.1) is 12.2 Å². The maximum Gasteiger partial charge on any atom is 0.164 e. The monoisotopic (exact) mass is 474 g/mol. The van der Waals surface area contributed by atoms with Crippen molar-refractivity contribution in [2.45, 2.75) is 128 Å². The molecule has 6 heteroatoms. The molecule has 6 nitrogen and oxygen atoms in total. The van der Waals surface area contributed by atoms with Crippen molar-refractivity contribution in [1.82, 2.24) is 0 Å². The van der Waals surface area contributed by atoms with Crippen LogP contribution in [-0.4, -0.2) is 47.5 Å². The predicted octanol–water partition coefficient (Wildman–Crippen LogP) is 4.79. The van der Waals surface area contributed by atoms with Crippen LogP contribution in [0.5, 0.6) is 0 Å². The van der Waals surface area contributed by atoms with Crippen LogP contribution in [0.1, 0.15) is 104 Å². The normalized spacial score (nSPS) is 37.5. The van der Waals surface area contributed by atoms with Gasteiger partial charge in [0.15, 0.2) is 11.6 Å². The SMILES string of the molecule is CC1CCCC(OC(C2CCCC(C)C2=O)C(OC2CCCCC2=O)C2CCCCC2=O)C1=O. The van der Waals surface area contributed by atoms with Gasteiger partial charge in [-0.2, -0.15) is 0 Å². The fraction of sp³-hybridized carbons (Fsp3) is 0.857. The van der Waals surface area contributed by atoms with Crippen molar-refractivity contribution in [2.75, 3.05) is 0 Å². The molecule has 4 aliphatic carbocycles. The summed E-state index contributed by atoms with van der Waals surface area (Å²) in [5, 5.41) is 0. The Labute approximate surface area is 203 Å². The van der Waals surface area contributed by atoms with E-state index in [9.17, 15) is 19.2 Å². The number of hydrogen-bond acceptors (Lipinski definition) is 6. The Morgan fingerprint density at radius 3 is 1.79 bits per heavy atom. The molecule has 8 unspecified atom stereocenters. The smallest absolute Gasteiger partial charge is 0.164 e. The highest BCUT2D eigenvalue weighted by molar-refractivity contribution is 5.87. The molecule has 0 heterocycles. The summed E-state index contributed by atoms with van der Waals surface area (Å²) in [6.07, 6.45) is 8.40. The van der Waals surface area contributed by atoms with Crippen LogP contribution in [0.4, 0.5) is 0 Å². The van der Waals surface area contributed by atoms with E-state index in [1.54, 1.807) is 0 Å². The van der Waals surface area contributed by atoms with Gasteiger partial charge < -0.3 is 9.47 Å². The predicted molar refractivity (Wildman–Crippen MR) is 127 cm³/mol. The van der Waals surface area contributed by atoms with Crippen LogP contribution in [0.2, 0.25) is 0 Å². The number of rotatable bonds is 7. The zero-order valence-electron chi connectivity index (χ0n) is 21.0. The van der Waals surface area contributed by atoms with Gasteiger partial charge in [-0.25, -0.2) is 0 Å². The van der Waals surface area contributed by atoms with Gasteiger partial charge in [0.2, 0.25) is 0 Å². The minimum absolute atomic E-state index is 0.0593. The van der Waals surface area contributed by atoms with Crippen LogP contribution < -0.4 is 0 Å². The maximum absolute atomic E-state index is 13.4. The summed E-state index contributed by atoms with van der Waals surface area (Å²) in [5.74, 6) is -0.422. The van der Waals surface area contributed by atoms with E-state index in [0.29, 0.717) is 38.5 Å². The number of ketones is 4. The molecule has 4 aliphatic rings. The zero-order chi connectivity index (χ0) is 24.2. The topological polar surface area (TPSA) is 86.7 Å². The van der Waals surface area contributed by atoms with Gasteiger partial charge in [0.25, 0.3) is 0 Å². The lowest BCUT2D eigenvalue weighted by Gasteiger charge is -2.43. The lowest BCUT2D eigenvalue weighted by atomic mass is 9.72. The Morgan fingerprint density at radius 2 is 1.09 bits per heavy atom. The minimum Gasteiger partial charge on any atom is -0.364 e. The minimum atomic E-state index is -0.656. The number of carbonyl (C=O) groups is 4. The number of hydrogen-bond donors (Lipinski definition) is 0. The first-order valence-electron chi connectivity index (χ1n) is 13.8. The number of ether oxygens (including phenoxy) is 2. The summed E-state index contributed by atoms with van der Waals surface area (Å²) in [6.45, 7) is 3.91. The highest BCUT2D eigenvalue weighted by Crippen LogP contribution is 2.39. The molecule has 4 rings (SSSR count). The summed E-state index contributed by atoms with van der Waals surface area (Å²) in [4.78, 5) is 52.3. The van der Waals surface area contributed by atoms with Crippen LogP contribution in [0.25, 0.3) is 0 Å². The molecule has 190 valence electrons. The third kappa shape index (κ3) is 5.70. The van der Waals surface area contributed by atoms with Gasteiger partial charge in [-0.1, -0.05) is 26.7 Å². The molecule has 8 atom stereocenters. The van der Waals surface area contributed by atoms with Gasteiger partial charge in [-0.15, -0.1) is 0 Å². The van der Waals surface area contributed by atoms with Crippen LogP contribution in [0.3, 0.4) is 0 Å². The Morgan fingerprint density at radius 1 is 0.559 bits per heavy atom. The molecule has 0 aliphatic heterocycles. The standard InChI is InChI=1S/C28H42O6/c1-17-9-7-12-20(25(17)31)28(34-24-16-8-10-18(2)26(24)32)27(19-11-3-4-13-21(19)29)33-23-15-6-5-14-22(23)30/h17-20,23-24,27-28H,3-16H2,1-2H3. The number of Topliss-reactive ketones (excluding diaryl/α,β-unsaturated/α-hetero) is 4. The molecular weight excluding hydrogens is 432 g/mol. The fourth-order valence-electron chi connectivity index (χ4n) is 6.60. The van der Waals surface area contributed by atoms with Crippen molar-refractivity contribution in [3.63, 3.8) is 0 Å². The van der Waals surface area contributed by atoms with Crippen LogP contribution >= 0.6 is 0 Å². The lowest BCUT2D eigenvalue weighted by Crippen LogP contribution is -2.54. The molecule has 0 saturated heterocycles. The van der Waals surface area contributed by atoms with E-state index in [4.69, 9.17) is 9.47 Å². The third-order valence-electron chi connectivity index (χ3n) is 8.77. The molecule has 34 heavy (non-hydrogen) atoms.